The molecule has 1 saturated heterocycles. The first-order valence-corrected chi connectivity index (χ1v) is 11.9. The predicted octanol–water partition coefficient (Wildman–Crippen LogP) is 2.37. The molecule has 1 atom stereocenters. The maximum absolute atomic E-state index is 13.2. The monoisotopic (exact) mass is 448 g/mol. The molecule has 1 unspecified atom stereocenters. The van der Waals surface area contributed by atoms with Gasteiger partial charge in [-0.25, -0.2) is 9.97 Å². The Labute approximate surface area is 194 Å². The molecular formula is C24H32N8O. The van der Waals surface area contributed by atoms with Gasteiger partial charge in [0.25, 0.3) is 0 Å². The van der Waals surface area contributed by atoms with Crippen LogP contribution in [-0.4, -0.2) is 73.9 Å². The van der Waals surface area contributed by atoms with E-state index in [1.54, 1.807) is 4.68 Å². The quantitative estimate of drug-likeness (QED) is 0.641. The van der Waals surface area contributed by atoms with Crippen molar-refractivity contribution < 1.29 is 4.79 Å². The fourth-order valence-electron chi connectivity index (χ4n) is 4.82. The zero-order valence-electron chi connectivity index (χ0n) is 19.4. The van der Waals surface area contributed by atoms with Gasteiger partial charge in [0.15, 0.2) is 5.82 Å². The number of hydrogen-bond donors (Lipinski definition) is 1. The van der Waals surface area contributed by atoms with Crippen LogP contribution >= 0.6 is 0 Å². The van der Waals surface area contributed by atoms with E-state index in [0.29, 0.717) is 5.82 Å². The fraction of sp³-hybridized carbons (Fsp3) is 0.542. The Morgan fingerprint density at radius 1 is 1.09 bits per heavy atom. The molecule has 1 aliphatic carbocycles. The standard InChI is InChI=1S/C24H32N8O/c1-30-10-12-32(13-11-30)23(27-24(33)17-6-4-3-5-7-17)22-25-15-19-9-8-18(14-20(19)26-22)21-16-31(2)29-28-21/h8-9,14-17,23H,3-7,10-13H2,1-2H3,(H,27,33). The Balaban J connectivity index is 1.46. The van der Waals surface area contributed by atoms with Gasteiger partial charge in [-0.2, -0.15) is 0 Å². The van der Waals surface area contributed by atoms with Crippen LogP contribution < -0.4 is 5.32 Å². The zero-order valence-corrected chi connectivity index (χ0v) is 19.4. The molecule has 0 spiro atoms. The molecule has 174 valence electrons. The van der Waals surface area contributed by atoms with E-state index < -0.39 is 0 Å². The number of aryl methyl sites for hydroxylation is 1. The highest BCUT2D eigenvalue weighted by Gasteiger charge is 2.30. The van der Waals surface area contributed by atoms with Gasteiger partial charge in [0.05, 0.1) is 11.7 Å². The number of likely N-dealkylation sites (N-methyl/N-ethyl adjacent to an activating group) is 1. The molecular weight excluding hydrogens is 416 g/mol. The molecule has 9 nitrogen and oxygen atoms in total. The number of benzene rings is 1. The van der Waals surface area contributed by atoms with E-state index in [-0.39, 0.29) is 18.0 Å². The zero-order chi connectivity index (χ0) is 22.8. The van der Waals surface area contributed by atoms with Crippen molar-refractivity contribution in [1.82, 2.24) is 40.1 Å². The molecule has 1 saturated carbocycles. The summed E-state index contributed by atoms with van der Waals surface area (Å²) in [5.74, 6) is 0.876. The Morgan fingerprint density at radius 2 is 1.88 bits per heavy atom. The first kappa shape index (κ1) is 21.9. The summed E-state index contributed by atoms with van der Waals surface area (Å²) < 4.78 is 1.69. The number of nitrogens with one attached hydrogen (secondary N) is 1. The highest BCUT2D eigenvalue weighted by molar-refractivity contribution is 5.83. The molecule has 33 heavy (non-hydrogen) atoms. The number of carbonyl (C=O) groups excluding carboxylic acids is 1. The molecule has 2 aromatic heterocycles. The lowest BCUT2D eigenvalue weighted by atomic mass is 9.88. The highest BCUT2D eigenvalue weighted by atomic mass is 16.2. The fourth-order valence-corrected chi connectivity index (χ4v) is 4.82. The van der Waals surface area contributed by atoms with Gasteiger partial charge < -0.3 is 10.2 Å². The third-order valence-corrected chi connectivity index (χ3v) is 6.90. The average Bonchev–Trinajstić information content (AvgIpc) is 3.29. The summed E-state index contributed by atoms with van der Waals surface area (Å²) in [6.07, 6.45) is 8.87. The van der Waals surface area contributed by atoms with E-state index in [1.807, 2.05) is 37.6 Å². The van der Waals surface area contributed by atoms with E-state index in [9.17, 15) is 4.79 Å². The average molecular weight is 449 g/mol. The lowest BCUT2D eigenvalue weighted by molar-refractivity contribution is -0.128. The highest BCUT2D eigenvalue weighted by Crippen LogP contribution is 2.27. The van der Waals surface area contributed by atoms with Crippen LogP contribution in [0.25, 0.3) is 22.2 Å². The van der Waals surface area contributed by atoms with Gasteiger partial charge in [-0.15, -0.1) is 5.10 Å². The first-order chi connectivity index (χ1) is 16.1. The SMILES string of the molecule is CN1CCN(C(NC(=O)C2CCCCC2)c2ncc3ccc(-c4cn(C)nn4)cc3n2)CC1. The van der Waals surface area contributed by atoms with Crippen LogP contribution in [0.1, 0.15) is 44.1 Å². The van der Waals surface area contributed by atoms with E-state index in [4.69, 9.17) is 9.97 Å². The summed E-state index contributed by atoms with van der Waals surface area (Å²) >= 11 is 0. The summed E-state index contributed by atoms with van der Waals surface area (Å²) in [7, 11) is 3.99. The lowest BCUT2D eigenvalue weighted by Crippen LogP contribution is -2.51. The van der Waals surface area contributed by atoms with Crippen molar-refractivity contribution in [3.63, 3.8) is 0 Å². The second-order valence-electron chi connectivity index (χ2n) is 9.36. The van der Waals surface area contributed by atoms with E-state index >= 15 is 0 Å². The number of piperazine rings is 1. The maximum atomic E-state index is 13.2. The van der Waals surface area contributed by atoms with Gasteiger partial charge in [-0.3, -0.25) is 14.4 Å². The van der Waals surface area contributed by atoms with Crippen LogP contribution in [0.15, 0.2) is 30.6 Å². The van der Waals surface area contributed by atoms with Crippen molar-refractivity contribution in [2.45, 2.75) is 38.3 Å². The van der Waals surface area contributed by atoms with Crippen LogP contribution in [0, 0.1) is 5.92 Å². The van der Waals surface area contributed by atoms with E-state index in [2.05, 4.69) is 32.5 Å². The van der Waals surface area contributed by atoms with Gasteiger partial charge in [-0.1, -0.05) is 36.6 Å². The van der Waals surface area contributed by atoms with Crippen molar-refractivity contribution in [3.05, 3.63) is 36.4 Å². The van der Waals surface area contributed by atoms with Gasteiger partial charge in [0.2, 0.25) is 5.91 Å². The number of carbonyl (C=O) groups is 1. The van der Waals surface area contributed by atoms with E-state index in [1.165, 1.54) is 6.42 Å². The van der Waals surface area contributed by atoms with Gasteiger partial charge >= 0.3 is 0 Å². The number of fused-ring (bicyclic) bond motifs is 1. The van der Waals surface area contributed by atoms with Crippen LogP contribution in [0.3, 0.4) is 0 Å². The molecule has 5 rings (SSSR count). The number of amides is 1. The van der Waals surface area contributed by atoms with Crippen molar-refractivity contribution in [2.75, 3.05) is 33.2 Å². The van der Waals surface area contributed by atoms with Crippen LogP contribution in [0.2, 0.25) is 0 Å². The third kappa shape index (κ3) is 4.89. The summed E-state index contributed by atoms with van der Waals surface area (Å²) in [4.78, 5) is 27.4. The molecule has 2 aliphatic rings. The molecule has 3 heterocycles. The Kier molecular flexibility index (Phi) is 6.32. The molecule has 9 heteroatoms. The number of hydrogen-bond acceptors (Lipinski definition) is 7. The Hall–Kier alpha value is -2.91. The van der Waals surface area contributed by atoms with Crippen molar-refractivity contribution in [2.24, 2.45) is 13.0 Å². The summed E-state index contributed by atoms with van der Waals surface area (Å²) in [6, 6.07) is 6.04. The van der Waals surface area contributed by atoms with Gasteiger partial charge in [-0.05, 0) is 26.0 Å². The summed E-state index contributed by atoms with van der Waals surface area (Å²) in [5, 5.41) is 12.5. The molecule has 2 fully saturated rings. The topological polar surface area (TPSA) is 92.1 Å². The minimum absolute atomic E-state index is 0.0948. The van der Waals surface area contributed by atoms with Gasteiger partial charge in [0.1, 0.15) is 11.9 Å². The van der Waals surface area contributed by atoms with Gasteiger partial charge in [0, 0.05) is 56.3 Å². The van der Waals surface area contributed by atoms with Crippen LogP contribution in [-0.2, 0) is 11.8 Å². The van der Waals surface area contributed by atoms with Crippen molar-refractivity contribution in [1.29, 1.82) is 0 Å². The molecule has 3 aromatic rings. The molecule has 1 aromatic carbocycles. The van der Waals surface area contributed by atoms with Crippen molar-refractivity contribution in [3.8, 4) is 11.3 Å². The van der Waals surface area contributed by atoms with Crippen LogP contribution in [0.5, 0.6) is 0 Å². The number of nitrogens with zero attached hydrogens (tertiary/aromatic N) is 7. The Bertz CT molecular complexity index is 1110. The molecule has 0 bridgehead atoms. The smallest absolute Gasteiger partial charge is 0.224 e. The minimum atomic E-state index is -0.322. The normalized spacial score (nSPS) is 19.6. The largest absolute Gasteiger partial charge is 0.333 e. The second kappa shape index (κ2) is 9.52. The summed E-state index contributed by atoms with van der Waals surface area (Å²) in [5.41, 5.74) is 2.61. The molecule has 1 N–H and O–H groups in total. The number of aromatic nitrogens is 5. The number of rotatable bonds is 5. The molecule has 0 radical (unpaired) electrons. The van der Waals surface area contributed by atoms with Crippen LogP contribution in [0.4, 0.5) is 0 Å². The lowest BCUT2D eigenvalue weighted by Gasteiger charge is -2.38. The minimum Gasteiger partial charge on any atom is -0.333 e. The maximum Gasteiger partial charge on any atom is 0.224 e. The molecule has 1 amide bonds. The molecule has 1 aliphatic heterocycles. The first-order valence-electron chi connectivity index (χ1n) is 11.9. The second-order valence-corrected chi connectivity index (χ2v) is 9.36. The third-order valence-electron chi connectivity index (χ3n) is 6.90. The Morgan fingerprint density at radius 3 is 2.61 bits per heavy atom. The summed E-state index contributed by atoms with van der Waals surface area (Å²) in [6.45, 7) is 3.65. The predicted molar refractivity (Wildman–Crippen MR) is 126 cm³/mol. The van der Waals surface area contributed by atoms with Crippen molar-refractivity contribution >= 4 is 16.8 Å². The van der Waals surface area contributed by atoms with E-state index in [0.717, 1.165) is 74.0 Å².